The van der Waals surface area contributed by atoms with Crippen LogP contribution in [0.5, 0.6) is 5.75 Å². The number of rotatable bonds is 4. The number of hydrogen-bond donors (Lipinski definition) is 1. The smallest absolute Gasteiger partial charge is 0.229 e. The van der Waals surface area contributed by atoms with E-state index in [0.29, 0.717) is 12.3 Å². The number of para-hydroxylation sites is 1. The Labute approximate surface area is 141 Å². The summed E-state index contributed by atoms with van der Waals surface area (Å²) in [6.45, 7) is 2.32. The lowest BCUT2D eigenvalue weighted by atomic mass is 10.1. The third-order valence-corrected chi connectivity index (χ3v) is 4.26. The molecule has 0 saturated carbocycles. The number of methoxy groups -OCH3 is 1. The van der Waals surface area contributed by atoms with E-state index in [9.17, 15) is 9.59 Å². The van der Waals surface area contributed by atoms with E-state index >= 15 is 0 Å². The van der Waals surface area contributed by atoms with Crippen molar-refractivity contribution in [3.05, 3.63) is 54.1 Å². The number of aryl methyl sites for hydroxylation is 1. The second-order valence-electron chi connectivity index (χ2n) is 5.91. The zero-order chi connectivity index (χ0) is 17.1. The molecule has 1 atom stereocenters. The second kappa shape index (κ2) is 6.74. The van der Waals surface area contributed by atoms with Gasteiger partial charge in [-0.2, -0.15) is 0 Å². The van der Waals surface area contributed by atoms with Crippen LogP contribution in [0.25, 0.3) is 0 Å². The molecule has 24 heavy (non-hydrogen) atoms. The SMILES string of the molecule is COc1cccc(N2C[C@H](C(=O)Nc3ccccc3C)CC2=O)c1. The highest BCUT2D eigenvalue weighted by atomic mass is 16.5. The van der Waals surface area contributed by atoms with Crippen molar-refractivity contribution in [2.75, 3.05) is 23.9 Å². The van der Waals surface area contributed by atoms with Gasteiger partial charge in [0, 0.05) is 30.4 Å². The molecule has 3 rings (SSSR count). The molecule has 5 heteroatoms. The van der Waals surface area contributed by atoms with Gasteiger partial charge in [-0.05, 0) is 30.7 Å². The van der Waals surface area contributed by atoms with Crippen LogP contribution in [0.2, 0.25) is 0 Å². The van der Waals surface area contributed by atoms with Gasteiger partial charge in [-0.15, -0.1) is 0 Å². The molecule has 124 valence electrons. The summed E-state index contributed by atoms with van der Waals surface area (Å²) in [6.07, 6.45) is 0.217. The van der Waals surface area contributed by atoms with Crippen LogP contribution in [-0.4, -0.2) is 25.5 Å². The maximum atomic E-state index is 12.5. The van der Waals surface area contributed by atoms with E-state index in [-0.39, 0.29) is 24.2 Å². The van der Waals surface area contributed by atoms with Gasteiger partial charge in [0.25, 0.3) is 0 Å². The average Bonchev–Trinajstić information content (AvgIpc) is 2.99. The standard InChI is InChI=1S/C19H20N2O3/c1-13-6-3-4-9-17(13)20-19(23)14-10-18(22)21(12-14)15-7-5-8-16(11-15)24-2/h3-9,11,14H,10,12H2,1-2H3,(H,20,23)/t14-/m1/s1. The van der Waals surface area contributed by atoms with Crippen LogP contribution < -0.4 is 15.0 Å². The fourth-order valence-corrected chi connectivity index (χ4v) is 2.86. The predicted octanol–water partition coefficient (Wildman–Crippen LogP) is 3.00. The highest BCUT2D eigenvalue weighted by molar-refractivity contribution is 6.03. The summed E-state index contributed by atoms with van der Waals surface area (Å²) < 4.78 is 5.20. The second-order valence-corrected chi connectivity index (χ2v) is 5.91. The number of amides is 2. The molecule has 0 unspecified atom stereocenters. The van der Waals surface area contributed by atoms with Crippen molar-refractivity contribution in [2.24, 2.45) is 5.92 Å². The normalized spacial score (nSPS) is 17.0. The van der Waals surface area contributed by atoms with Gasteiger partial charge in [-0.25, -0.2) is 0 Å². The molecule has 0 bridgehead atoms. The zero-order valence-corrected chi connectivity index (χ0v) is 13.8. The van der Waals surface area contributed by atoms with Gasteiger partial charge < -0.3 is 15.0 Å². The maximum Gasteiger partial charge on any atom is 0.229 e. The summed E-state index contributed by atoms with van der Waals surface area (Å²) in [5.41, 5.74) is 2.54. The molecule has 2 amide bonds. The predicted molar refractivity (Wildman–Crippen MR) is 93.3 cm³/mol. The Morgan fingerprint density at radius 3 is 2.75 bits per heavy atom. The summed E-state index contributed by atoms with van der Waals surface area (Å²) in [7, 11) is 1.59. The van der Waals surface area contributed by atoms with Crippen LogP contribution in [-0.2, 0) is 9.59 Å². The molecule has 2 aromatic rings. The maximum absolute atomic E-state index is 12.5. The van der Waals surface area contributed by atoms with E-state index < -0.39 is 0 Å². The van der Waals surface area contributed by atoms with Gasteiger partial charge in [-0.1, -0.05) is 24.3 Å². The van der Waals surface area contributed by atoms with E-state index in [1.807, 2.05) is 49.4 Å². The number of anilines is 2. The van der Waals surface area contributed by atoms with Crippen LogP contribution in [0.1, 0.15) is 12.0 Å². The van der Waals surface area contributed by atoms with Crippen LogP contribution in [0.15, 0.2) is 48.5 Å². The Morgan fingerprint density at radius 2 is 2.00 bits per heavy atom. The van der Waals surface area contributed by atoms with Crippen molar-refractivity contribution in [3.63, 3.8) is 0 Å². The molecule has 1 N–H and O–H groups in total. The van der Waals surface area contributed by atoms with E-state index in [4.69, 9.17) is 4.74 Å². The molecule has 1 fully saturated rings. The molecule has 1 aliphatic heterocycles. The number of benzene rings is 2. The number of ether oxygens (including phenoxy) is 1. The topological polar surface area (TPSA) is 58.6 Å². The minimum atomic E-state index is -0.358. The number of carbonyl (C=O) groups excluding carboxylic acids is 2. The molecule has 0 radical (unpaired) electrons. The molecule has 0 spiro atoms. The lowest BCUT2D eigenvalue weighted by Crippen LogP contribution is -2.28. The number of hydrogen-bond acceptors (Lipinski definition) is 3. The average molecular weight is 324 g/mol. The van der Waals surface area contributed by atoms with Crippen molar-refractivity contribution in [1.29, 1.82) is 0 Å². The van der Waals surface area contributed by atoms with Crippen molar-refractivity contribution >= 4 is 23.2 Å². The summed E-state index contributed by atoms with van der Waals surface area (Å²) in [5, 5.41) is 2.92. The van der Waals surface area contributed by atoms with Crippen LogP contribution in [0.4, 0.5) is 11.4 Å². The molecule has 1 heterocycles. The zero-order valence-electron chi connectivity index (χ0n) is 13.8. The number of carbonyl (C=O) groups is 2. The Kier molecular flexibility index (Phi) is 4.51. The van der Waals surface area contributed by atoms with Crippen molar-refractivity contribution in [3.8, 4) is 5.75 Å². The molecule has 2 aromatic carbocycles. The van der Waals surface area contributed by atoms with Crippen molar-refractivity contribution in [1.82, 2.24) is 0 Å². The van der Waals surface area contributed by atoms with Gasteiger partial charge >= 0.3 is 0 Å². The Morgan fingerprint density at radius 1 is 1.21 bits per heavy atom. The van der Waals surface area contributed by atoms with Crippen molar-refractivity contribution < 1.29 is 14.3 Å². The van der Waals surface area contributed by atoms with Gasteiger partial charge in [0.2, 0.25) is 11.8 Å². The highest BCUT2D eigenvalue weighted by Crippen LogP contribution is 2.28. The van der Waals surface area contributed by atoms with Crippen molar-refractivity contribution in [2.45, 2.75) is 13.3 Å². The first-order valence-corrected chi connectivity index (χ1v) is 7.89. The fraction of sp³-hybridized carbons (Fsp3) is 0.263. The summed E-state index contributed by atoms with van der Waals surface area (Å²) in [6, 6.07) is 14.9. The third-order valence-electron chi connectivity index (χ3n) is 4.26. The minimum Gasteiger partial charge on any atom is -0.497 e. The molecule has 1 saturated heterocycles. The van der Waals surface area contributed by atoms with E-state index in [1.165, 1.54) is 0 Å². The summed E-state index contributed by atoms with van der Waals surface area (Å²) >= 11 is 0. The first-order valence-electron chi connectivity index (χ1n) is 7.89. The molecular formula is C19H20N2O3. The molecular weight excluding hydrogens is 304 g/mol. The Bertz CT molecular complexity index is 773. The molecule has 0 aromatic heterocycles. The lowest BCUT2D eigenvalue weighted by molar-refractivity contribution is -0.122. The largest absolute Gasteiger partial charge is 0.497 e. The van der Waals surface area contributed by atoms with Gasteiger partial charge in [-0.3, -0.25) is 9.59 Å². The Hall–Kier alpha value is -2.82. The van der Waals surface area contributed by atoms with Crippen LogP contribution >= 0.6 is 0 Å². The Balaban J connectivity index is 1.72. The third kappa shape index (κ3) is 3.25. The van der Waals surface area contributed by atoms with E-state index in [1.54, 1.807) is 18.1 Å². The lowest BCUT2D eigenvalue weighted by Gasteiger charge is -2.17. The summed E-state index contributed by atoms with van der Waals surface area (Å²) in [4.78, 5) is 26.5. The molecule has 0 aliphatic carbocycles. The minimum absolute atomic E-state index is 0.0480. The van der Waals surface area contributed by atoms with E-state index in [2.05, 4.69) is 5.32 Å². The highest BCUT2D eigenvalue weighted by Gasteiger charge is 2.35. The molecule has 1 aliphatic rings. The van der Waals surface area contributed by atoms with Gasteiger partial charge in [0.05, 0.1) is 13.0 Å². The summed E-state index contributed by atoms with van der Waals surface area (Å²) in [5.74, 6) is 0.160. The van der Waals surface area contributed by atoms with Gasteiger partial charge in [0.1, 0.15) is 5.75 Å². The first kappa shape index (κ1) is 16.1. The van der Waals surface area contributed by atoms with Crippen LogP contribution in [0, 0.1) is 12.8 Å². The van der Waals surface area contributed by atoms with E-state index in [0.717, 1.165) is 16.9 Å². The fourth-order valence-electron chi connectivity index (χ4n) is 2.86. The monoisotopic (exact) mass is 324 g/mol. The molecule has 5 nitrogen and oxygen atoms in total. The van der Waals surface area contributed by atoms with Crippen LogP contribution in [0.3, 0.4) is 0 Å². The first-order chi connectivity index (χ1) is 11.6. The number of nitrogens with zero attached hydrogens (tertiary/aromatic N) is 1. The van der Waals surface area contributed by atoms with Gasteiger partial charge in [0.15, 0.2) is 0 Å². The number of nitrogens with one attached hydrogen (secondary N) is 1. The quantitative estimate of drug-likeness (QED) is 0.940.